The van der Waals surface area contributed by atoms with Crippen LogP contribution in [-0.2, 0) is 0 Å². The van der Waals surface area contributed by atoms with E-state index in [1.807, 2.05) is 29.0 Å². The molecule has 0 aliphatic rings. The Hall–Kier alpha value is -0.510. The van der Waals surface area contributed by atoms with E-state index in [1.54, 1.807) is 11.3 Å². The molecule has 0 aliphatic carbocycles. The summed E-state index contributed by atoms with van der Waals surface area (Å²) in [6.45, 7) is 1.97. The molecule has 0 saturated heterocycles. The second-order valence-electron chi connectivity index (χ2n) is 2.97. The number of thiazole rings is 1. The average Bonchev–Trinajstić information content (AvgIpc) is 2.70. The Morgan fingerprint density at radius 2 is 2.50 bits per heavy atom. The van der Waals surface area contributed by atoms with Crippen molar-refractivity contribution in [3.63, 3.8) is 0 Å². The van der Waals surface area contributed by atoms with Gasteiger partial charge < -0.3 is 0 Å². The van der Waals surface area contributed by atoms with Crippen LogP contribution < -0.4 is 0 Å². The molecule has 2 nitrogen and oxygen atoms in total. The molecular formula is C9H8Cl2N2S. The zero-order valence-corrected chi connectivity index (χ0v) is 9.83. The molecule has 0 radical (unpaired) electrons. The Morgan fingerprint density at radius 1 is 1.71 bits per heavy atom. The quantitative estimate of drug-likeness (QED) is 0.740. The minimum absolute atomic E-state index is 0.508. The van der Waals surface area contributed by atoms with Crippen molar-refractivity contribution in [2.24, 2.45) is 0 Å². The van der Waals surface area contributed by atoms with Gasteiger partial charge >= 0.3 is 0 Å². The van der Waals surface area contributed by atoms with Gasteiger partial charge in [0.2, 0.25) is 0 Å². The molecule has 14 heavy (non-hydrogen) atoms. The molecule has 0 unspecified atom stereocenters. The number of fused-ring (bicyclic) bond motifs is 1. The summed E-state index contributed by atoms with van der Waals surface area (Å²) in [5.74, 6) is 0.508. The number of hydrogen-bond acceptors (Lipinski definition) is 2. The van der Waals surface area contributed by atoms with Crippen molar-refractivity contribution in [2.75, 3.05) is 5.88 Å². The molecule has 0 atom stereocenters. The molecular weight excluding hydrogens is 239 g/mol. The van der Waals surface area contributed by atoms with Crippen molar-refractivity contribution in [1.82, 2.24) is 9.38 Å². The van der Waals surface area contributed by atoms with Gasteiger partial charge in [-0.3, -0.25) is 4.40 Å². The summed E-state index contributed by atoms with van der Waals surface area (Å²) >= 11 is 13.3. The molecule has 74 valence electrons. The molecule has 0 N–H and O–H groups in total. The maximum atomic E-state index is 6.00. The van der Waals surface area contributed by atoms with Crippen LogP contribution in [0, 0.1) is 0 Å². The largest absolute Gasteiger partial charge is 0.289 e. The summed E-state index contributed by atoms with van der Waals surface area (Å²) in [6, 6.07) is 0. The van der Waals surface area contributed by atoms with E-state index in [9.17, 15) is 0 Å². The van der Waals surface area contributed by atoms with E-state index in [4.69, 9.17) is 23.2 Å². The fourth-order valence-corrected chi connectivity index (χ4v) is 2.25. The van der Waals surface area contributed by atoms with Crippen LogP contribution >= 0.6 is 34.5 Å². The van der Waals surface area contributed by atoms with Crippen LogP contribution in [0.3, 0.4) is 0 Å². The second-order valence-corrected chi connectivity index (χ2v) is 4.47. The van der Waals surface area contributed by atoms with E-state index < -0.39 is 0 Å². The van der Waals surface area contributed by atoms with Gasteiger partial charge in [0.1, 0.15) is 0 Å². The number of halogens is 2. The summed E-state index contributed by atoms with van der Waals surface area (Å²) in [4.78, 5) is 5.13. The number of alkyl halides is 1. The lowest BCUT2D eigenvalue weighted by Gasteiger charge is -1.94. The van der Waals surface area contributed by atoms with E-state index in [1.165, 1.54) is 0 Å². The van der Waals surface area contributed by atoms with E-state index in [-0.39, 0.29) is 0 Å². The first-order valence-electron chi connectivity index (χ1n) is 4.06. The number of nitrogens with zero attached hydrogens (tertiary/aromatic N) is 2. The highest BCUT2D eigenvalue weighted by Gasteiger charge is 2.08. The van der Waals surface area contributed by atoms with Crippen LogP contribution in [0.25, 0.3) is 11.0 Å². The molecule has 0 bridgehead atoms. The van der Waals surface area contributed by atoms with Crippen LogP contribution in [0.4, 0.5) is 0 Å². The molecule has 2 aromatic heterocycles. The van der Waals surface area contributed by atoms with Gasteiger partial charge in [-0.05, 0) is 13.0 Å². The fourth-order valence-electron chi connectivity index (χ4n) is 1.18. The predicted molar refractivity (Wildman–Crippen MR) is 62.5 cm³/mol. The number of aromatic nitrogens is 2. The number of imidazole rings is 1. The van der Waals surface area contributed by atoms with Gasteiger partial charge in [0.05, 0.1) is 5.69 Å². The Morgan fingerprint density at radius 3 is 3.21 bits per heavy atom. The van der Waals surface area contributed by atoms with Crippen LogP contribution in [0.15, 0.2) is 17.2 Å². The third-order valence-corrected chi connectivity index (χ3v) is 3.30. The van der Waals surface area contributed by atoms with Crippen LogP contribution in [-0.4, -0.2) is 15.3 Å². The molecule has 0 aromatic carbocycles. The molecule has 0 aliphatic heterocycles. The van der Waals surface area contributed by atoms with E-state index in [0.29, 0.717) is 11.0 Å². The standard InChI is InChI=1S/C9H8Cl2N2S/c1-6(5-10)4-7-8(11)12-9-13(7)2-3-14-9/h2-4H,5H2,1H3. The van der Waals surface area contributed by atoms with Crippen LogP contribution in [0.2, 0.25) is 5.15 Å². The first-order chi connectivity index (χ1) is 6.72. The van der Waals surface area contributed by atoms with Gasteiger partial charge in [0, 0.05) is 17.5 Å². The van der Waals surface area contributed by atoms with Crippen LogP contribution in [0.1, 0.15) is 12.6 Å². The number of rotatable bonds is 2. The van der Waals surface area contributed by atoms with Crippen molar-refractivity contribution in [2.45, 2.75) is 6.92 Å². The Bertz CT molecular complexity index is 484. The summed E-state index contributed by atoms with van der Waals surface area (Å²) < 4.78 is 1.96. The van der Waals surface area contributed by atoms with E-state index >= 15 is 0 Å². The van der Waals surface area contributed by atoms with Gasteiger partial charge in [0.25, 0.3) is 0 Å². The van der Waals surface area contributed by atoms with Crippen LogP contribution in [0.5, 0.6) is 0 Å². The minimum atomic E-state index is 0.508. The molecule has 0 spiro atoms. The Kier molecular flexibility index (Phi) is 2.81. The fraction of sp³-hybridized carbons (Fsp3) is 0.222. The van der Waals surface area contributed by atoms with Gasteiger partial charge in [-0.15, -0.1) is 22.9 Å². The molecule has 2 heterocycles. The van der Waals surface area contributed by atoms with Crippen molar-refractivity contribution < 1.29 is 0 Å². The van der Waals surface area contributed by atoms with E-state index in [0.717, 1.165) is 16.2 Å². The molecule has 2 aromatic rings. The van der Waals surface area contributed by atoms with Gasteiger partial charge in [-0.25, -0.2) is 4.98 Å². The highest BCUT2D eigenvalue weighted by molar-refractivity contribution is 7.15. The molecule has 0 saturated carbocycles. The first kappa shape index (κ1) is 10.0. The third kappa shape index (κ3) is 1.67. The normalized spacial score (nSPS) is 12.6. The zero-order valence-electron chi connectivity index (χ0n) is 7.50. The smallest absolute Gasteiger partial charge is 0.195 e. The number of allylic oxidation sites excluding steroid dienone is 1. The Labute approximate surface area is 95.8 Å². The summed E-state index contributed by atoms with van der Waals surface area (Å²) in [5.41, 5.74) is 1.97. The van der Waals surface area contributed by atoms with Gasteiger partial charge in [-0.2, -0.15) is 0 Å². The monoisotopic (exact) mass is 246 g/mol. The van der Waals surface area contributed by atoms with Crippen molar-refractivity contribution >= 4 is 45.6 Å². The summed E-state index contributed by atoms with van der Waals surface area (Å²) in [5, 5.41) is 2.51. The first-order valence-corrected chi connectivity index (χ1v) is 5.86. The van der Waals surface area contributed by atoms with Crippen molar-refractivity contribution in [3.8, 4) is 0 Å². The van der Waals surface area contributed by atoms with Crippen molar-refractivity contribution in [1.29, 1.82) is 0 Å². The topological polar surface area (TPSA) is 17.3 Å². The van der Waals surface area contributed by atoms with Gasteiger partial charge in [0.15, 0.2) is 10.1 Å². The lowest BCUT2D eigenvalue weighted by molar-refractivity contribution is 1.20. The van der Waals surface area contributed by atoms with E-state index in [2.05, 4.69) is 4.98 Å². The maximum absolute atomic E-state index is 6.00. The SMILES string of the molecule is CC(=Cc1c(Cl)nc2sccn12)CCl. The van der Waals surface area contributed by atoms with Crippen molar-refractivity contribution in [3.05, 3.63) is 28.0 Å². The highest BCUT2D eigenvalue weighted by Crippen LogP contribution is 2.23. The molecule has 5 heteroatoms. The predicted octanol–water partition coefficient (Wildman–Crippen LogP) is 3.69. The summed E-state index contributed by atoms with van der Waals surface area (Å²) in [7, 11) is 0. The summed E-state index contributed by atoms with van der Waals surface area (Å²) in [6.07, 6.45) is 3.91. The zero-order chi connectivity index (χ0) is 10.1. The van der Waals surface area contributed by atoms with Gasteiger partial charge in [-0.1, -0.05) is 17.2 Å². The highest BCUT2D eigenvalue weighted by atomic mass is 35.5. The Balaban J connectivity index is 2.59. The lowest BCUT2D eigenvalue weighted by Crippen LogP contribution is -1.84. The molecule has 0 fully saturated rings. The molecule has 2 rings (SSSR count). The number of hydrogen-bond donors (Lipinski definition) is 0. The third-order valence-electron chi connectivity index (χ3n) is 1.85. The maximum Gasteiger partial charge on any atom is 0.195 e. The lowest BCUT2D eigenvalue weighted by atomic mass is 10.3. The molecule has 0 amide bonds. The minimum Gasteiger partial charge on any atom is -0.289 e. The average molecular weight is 247 g/mol. The second kappa shape index (κ2) is 3.93.